The Morgan fingerprint density at radius 2 is 2.16 bits per heavy atom. The van der Waals surface area contributed by atoms with Crippen molar-refractivity contribution in [3.63, 3.8) is 0 Å². The Labute approximate surface area is 202 Å². The number of alkyl carbamates (subject to hydrolysis) is 1. The Kier molecular flexibility index (Phi) is 6.58. The van der Waals surface area contributed by atoms with Gasteiger partial charge in [0.2, 0.25) is 3.79 Å². The number of aromatic nitrogens is 5. The molecule has 0 radical (unpaired) electrons. The van der Waals surface area contributed by atoms with Crippen molar-refractivity contribution in [3.05, 3.63) is 23.4 Å². The first-order chi connectivity index (χ1) is 15.1. The van der Waals surface area contributed by atoms with E-state index in [1.54, 1.807) is 12.1 Å². The molecule has 0 spiro atoms. The summed E-state index contributed by atoms with van der Waals surface area (Å²) in [6.45, 7) is -0.502. The molecule has 0 aromatic carbocycles. The third-order valence-electron chi connectivity index (χ3n) is 4.33. The molecule has 32 heavy (non-hydrogen) atoms. The third-order valence-corrected chi connectivity index (χ3v) is 7.00. The number of rotatable bonds is 6. The number of carboxylic acid groups (broad SMARTS) is 1. The largest absolute Gasteiger partial charge is 0.477 e. The number of carbonyl (C=O) groups is 3. The minimum absolute atomic E-state index is 0.109. The lowest BCUT2D eigenvalue weighted by atomic mass is 10.0. The number of ether oxygens (including phenoxy) is 1. The van der Waals surface area contributed by atoms with Crippen LogP contribution < -0.4 is 5.32 Å². The van der Waals surface area contributed by atoms with E-state index < -0.39 is 39.8 Å². The number of aliphatic carboxylic acids is 1. The van der Waals surface area contributed by atoms with E-state index in [9.17, 15) is 19.5 Å². The highest BCUT2D eigenvalue weighted by molar-refractivity contribution is 8.01. The van der Waals surface area contributed by atoms with Crippen molar-refractivity contribution < 1.29 is 24.2 Å². The summed E-state index contributed by atoms with van der Waals surface area (Å²) >= 11 is 19.2. The number of carbonyl (C=O) groups excluding carboxylic acids is 2. The first kappa shape index (κ1) is 23.2. The maximum atomic E-state index is 12.6. The van der Waals surface area contributed by atoms with E-state index in [4.69, 9.17) is 39.5 Å². The molecule has 2 aromatic rings. The number of hydrogen-bond acceptors (Lipinski definition) is 10. The molecule has 2 aliphatic rings. The Balaban J connectivity index is 1.43. The van der Waals surface area contributed by atoms with E-state index in [0.717, 1.165) is 4.90 Å². The highest BCUT2D eigenvalue weighted by Gasteiger charge is 2.54. The molecule has 0 bridgehead atoms. The van der Waals surface area contributed by atoms with E-state index in [2.05, 4.69) is 25.9 Å². The summed E-state index contributed by atoms with van der Waals surface area (Å²) in [6, 6.07) is 2.45. The van der Waals surface area contributed by atoms with Crippen LogP contribution in [0, 0.1) is 0 Å². The molecule has 1 saturated heterocycles. The van der Waals surface area contributed by atoms with Gasteiger partial charge in [0.1, 0.15) is 28.7 Å². The fourth-order valence-electron chi connectivity index (χ4n) is 2.98. The van der Waals surface area contributed by atoms with E-state index >= 15 is 0 Å². The van der Waals surface area contributed by atoms with Gasteiger partial charge in [0.05, 0.1) is 0 Å². The molecule has 0 saturated carbocycles. The zero-order chi connectivity index (χ0) is 23.0. The van der Waals surface area contributed by atoms with Gasteiger partial charge >= 0.3 is 12.1 Å². The van der Waals surface area contributed by atoms with Crippen LogP contribution in [-0.2, 0) is 14.3 Å². The topological polar surface area (TPSA) is 152 Å². The van der Waals surface area contributed by atoms with Crippen LogP contribution in [-0.4, -0.2) is 86.6 Å². The lowest BCUT2D eigenvalue weighted by Crippen LogP contribution is -2.70. The Bertz CT molecular complexity index is 1120. The van der Waals surface area contributed by atoms with Gasteiger partial charge in [-0.3, -0.25) is 9.69 Å². The molecule has 2 aliphatic heterocycles. The smallest absolute Gasteiger partial charge is 0.408 e. The monoisotopic (exact) mass is 539 g/mol. The molecule has 2 N–H and O–H groups in total. The number of amides is 2. The summed E-state index contributed by atoms with van der Waals surface area (Å²) in [6.07, 6.45) is -0.943. The van der Waals surface area contributed by atoms with Crippen molar-refractivity contribution >= 4 is 81.9 Å². The van der Waals surface area contributed by atoms with Gasteiger partial charge in [0.15, 0.2) is 5.65 Å². The van der Waals surface area contributed by atoms with Gasteiger partial charge in [-0.2, -0.15) is 0 Å². The van der Waals surface area contributed by atoms with Crippen LogP contribution in [0.15, 0.2) is 28.4 Å². The first-order valence-electron chi connectivity index (χ1n) is 8.72. The molecule has 2 atom stereocenters. The van der Waals surface area contributed by atoms with Crippen molar-refractivity contribution in [2.24, 2.45) is 0 Å². The van der Waals surface area contributed by atoms with Gasteiger partial charge in [0.25, 0.3) is 5.91 Å². The molecule has 1 fully saturated rings. The number of halogens is 3. The minimum atomic E-state index is -1.79. The molecule has 2 amide bonds. The Morgan fingerprint density at radius 1 is 1.38 bits per heavy atom. The van der Waals surface area contributed by atoms with Crippen LogP contribution >= 0.6 is 58.3 Å². The van der Waals surface area contributed by atoms with Crippen molar-refractivity contribution in [2.75, 3.05) is 18.1 Å². The van der Waals surface area contributed by atoms with Gasteiger partial charge in [0, 0.05) is 11.5 Å². The predicted molar refractivity (Wildman–Crippen MR) is 116 cm³/mol. The van der Waals surface area contributed by atoms with Gasteiger partial charge in [-0.25, -0.2) is 9.59 Å². The number of nitrogens with one attached hydrogen (secondary N) is 1. The molecule has 0 aliphatic carbocycles. The summed E-state index contributed by atoms with van der Waals surface area (Å²) in [5.74, 6) is -1.17. The maximum Gasteiger partial charge on any atom is 0.408 e. The van der Waals surface area contributed by atoms with Crippen molar-refractivity contribution in [1.82, 2.24) is 35.5 Å². The van der Waals surface area contributed by atoms with Crippen LogP contribution in [0.3, 0.4) is 0 Å². The summed E-state index contributed by atoms with van der Waals surface area (Å²) in [5, 5.41) is 27.3. The number of alkyl halides is 3. The second-order valence-corrected chi connectivity index (χ2v) is 11.1. The van der Waals surface area contributed by atoms with Gasteiger partial charge in [-0.15, -0.1) is 38.4 Å². The van der Waals surface area contributed by atoms with Gasteiger partial charge in [-0.1, -0.05) is 34.8 Å². The van der Waals surface area contributed by atoms with Gasteiger partial charge < -0.3 is 15.2 Å². The zero-order valence-corrected chi connectivity index (χ0v) is 19.5. The zero-order valence-electron chi connectivity index (χ0n) is 15.6. The molecule has 2 aromatic heterocycles. The molecule has 170 valence electrons. The summed E-state index contributed by atoms with van der Waals surface area (Å²) in [5.41, 5.74) is 0.920. The highest BCUT2D eigenvalue weighted by Crippen LogP contribution is 2.41. The van der Waals surface area contributed by atoms with Crippen LogP contribution in [0.25, 0.3) is 5.65 Å². The normalized spacial score (nSPS) is 20.7. The van der Waals surface area contributed by atoms with E-state index in [0.29, 0.717) is 22.0 Å². The van der Waals surface area contributed by atoms with Gasteiger partial charge in [-0.05, 0) is 28.1 Å². The highest BCUT2D eigenvalue weighted by atomic mass is 35.6. The van der Waals surface area contributed by atoms with Crippen molar-refractivity contribution in [2.45, 2.75) is 20.2 Å². The minimum Gasteiger partial charge on any atom is -0.477 e. The number of tetrazole rings is 1. The third kappa shape index (κ3) is 4.83. The standard InChI is InChI=1S/C15H12Cl3N7O5S2/c16-15(17,18)5-30-14(29)19-9-11(26)24-10(13(27)28)6(4-32-12(9)24)3-31-8-2-1-7-20-22-23-25(7)21-8/h1-2,9,12H,3-5H2,(H,19,29)(H,27,28)/t9?,12-/m0/s1. The number of fused-ring (bicyclic) bond motifs is 2. The fourth-order valence-corrected chi connectivity index (χ4v) is 5.48. The summed E-state index contributed by atoms with van der Waals surface area (Å²) in [4.78, 5) is 37.6. The van der Waals surface area contributed by atoms with Crippen LogP contribution in [0.5, 0.6) is 0 Å². The fraction of sp³-hybridized carbons (Fsp3) is 0.400. The average Bonchev–Trinajstić information content (AvgIpc) is 3.21. The first-order valence-corrected chi connectivity index (χ1v) is 11.9. The molecule has 4 heterocycles. The maximum absolute atomic E-state index is 12.6. The number of carboxylic acids is 1. The van der Waals surface area contributed by atoms with Crippen LogP contribution in [0.4, 0.5) is 4.79 Å². The number of hydrogen-bond donors (Lipinski definition) is 2. The van der Waals surface area contributed by atoms with E-state index in [-0.39, 0.29) is 11.4 Å². The quantitative estimate of drug-likeness (QED) is 0.310. The molecule has 1 unspecified atom stereocenters. The molecular formula is C15H12Cl3N7O5S2. The Hall–Kier alpha value is -2.00. The lowest BCUT2D eigenvalue weighted by molar-refractivity contribution is -0.149. The summed E-state index contributed by atoms with van der Waals surface area (Å²) < 4.78 is 4.24. The molecular weight excluding hydrogens is 529 g/mol. The van der Waals surface area contributed by atoms with E-state index in [1.807, 2.05) is 0 Å². The number of nitrogens with zero attached hydrogens (tertiary/aromatic N) is 6. The van der Waals surface area contributed by atoms with Crippen LogP contribution in [0.1, 0.15) is 0 Å². The van der Waals surface area contributed by atoms with E-state index in [1.165, 1.54) is 28.2 Å². The molecule has 12 nitrogen and oxygen atoms in total. The second-order valence-electron chi connectivity index (χ2n) is 6.47. The molecule has 17 heteroatoms. The number of β-lactam (4-membered cyclic amide) rings is 1. The predicted octanol–water partition coefficient (Wildman–Crippen LogP) is 1.33. The second kappa shape index (κ2) is 9.09. The lowest BCUT2D eigenvalue weighted by Gasteiger charge is -2.49. The van der Waals surface area contributed by atoms with Crippen molar-refractivity contribution in [1.29, 1.82) is 0 Å². The molecule has 4 rings (SSSR count). The number of thioether (sulfide) groups is 2. The summed E-state index contributed by atoms with van der Waals surface area (Å²) in [7, 11) is 0. The Morgan fingerprint density at radius 3 is 2.88 bits per heavy atom. The average molecular weight is 541 g/mol. The van der Waals surface area contributed by atoms with Crippen molar-refractivity contribution in [3.8, 4) is 0 Å². The SMILES string of the molecule is O=C(NC1C(=O)N2C(C(=O)O)=C(CSc3ccc4nnnn4n3)CS[C@@H]12)OCC(Cl)(Cl)Cl. The van der Waals surface area contributed by atoms with Crippen LogP contribution in [0.2, 0.25) is 0 Å².